The van der Waals surface area contributed by atoms with E-state index < -0.39 is 0 Å². The van der Waals surface area contributed by atoms with E-state index in [4.69, 9.17) is 5.73 Å². The minimum atomic E-state index is 0.160. The molecule has 110 valence electrons. The van der Waals surface area contributed by atoms with Crippen molar-refractivity contribution in [2.24, 2.45) is 0 Å². The Kier molecular flexibility index (Phi) is 4.99. The number of rotatable bonds is 5. The van der Waals surface area contributed by atoms with Crippen molar-refractivity contribution in [3.05, 3.63) is 65.2 Å². The van der Waals surface area contributed by atoms with Crippen molar-refractivity contribution in [3.63, 3.8) is 0 Å². The molecule has 3 heteroatoms. The third kappa shape index (κ3) is 4.63. The Morgan fingerprint density at radius 3 is 2.48 bits per heavy atom. The van der Waals surface area contributed by atoms with Gasteiger partial charge < -0.3 is 10.6 Å². The number of nitrogen functional groups attached to an aromatic ring is 1. The Bertz CT molecular complexity index is 605. The number of carbonyl (C=O) groups excluding carboxylic acids is 1. The number of benzene rings is 2. The first-order valence-electron chi connectivity index (χ1n) is 7.18. The minimum Gasteiger partial charge on any atom is -0.399 e. The lowest BCUT2D eigenvalue weighted by Gasteiger charge is -2.17. The zero-order chi connectivity index (χ0) is 15.2. The number of carbonyl (C=O) groups is 1. The second-order valence-corrected chi connectivity index (χ2v) is 5.48. The van der Waals surface area contributed by atoms with Crippen molar-refractivity contribution in [1.29, 1.82) is 0 Å². The van der Waals surface area contributed by atoms with Crippen molar-refractivity contribution in [1.82, 2.24) is 4.90 Å². The predicted molar refractivity (Wildman–Crippen MR) is 86.8 cm³/mol. The van der Waals surface area contributed by atoms with Crippen molar-refractivity contribution in [2.75, 3.05) is 12.8 Å². The SMILES string of the molecule is Cc1cccc(CCC(=O)N(C)Cc2ccc(N)cc2)c1. The average Bonchev–Trinajstić information content (AvgIpc) is 2.47. The van der Waals surface area contributed by atoms with Gasteiger partial charge in [0, 0.05) is 25.7 Å². The van der Waals surface area contributed by atoms with Gasteiger partial charge in [-0.1, -0.05) is 42.0 Å². The summed E-state index contributed by atoms with van der Waals surface area (Å²) in [5, 5.41) is 0. The molecule has 1 amide bonds. The van der Waals surface area contributed by atoms with Gasteiger partial charge in [-0.3, -0.25) is 4.79 Å². The summed E-state index contributed by atoms with van der Waals surface area (Å²) in [5.41, 5.74) is 9.94. The molecule has 0 saturated carbocycles. The highest BCUT2D eigenvalue weighted by Crippen LogP contribution is 2.10. The van der Waals surface area contributed by atoms with Crippen LogP contribution >= 0.6 is 0 Å². The first kappa shape index (κ1) is 15.1. The van der Waals surface area contributed by atoms with E-state index >= 15 is 0 Å². The van der Waals surface area contributed by atoms with E-state index in [-0.39, 0.29) is 5.91 Å². The predicted octanol–water partition coefficient (Wildman–Crippen LogP) is 3.17. The maximum atomic E-state index is 12.2. The van der Waals surface area contributed by atoms with Crippen LogP contribution in [0.2, 0.25) is 0 Å². The normalized spacial score (nSPS) is 10.4. The molecule has 0 spiro atoms. The Morgan fingerprint density at radius 1 is 1.10 bits per heavy atom. The fraction of sp³-hybridized carbons (Fsp3) is 0.278. The summed E-state index contributed by atoms with van der Waals surface area (Å²) in [6.07, 6.45) is 1.32. The molecule has 0 fully saturated rings. The van der Waals surface area contributed by atoms with Gasteiger partial charge in [-0.2, -0.15) is 0 Å². The van der Waals surface area contributed by atoms with Crippen LogP contribution in [-0.2, 0) is 17.8 Å². The van der Waals surface area contributed by atoms with Gasteiger partial charge in [0.25, 0.3) is 0 Å². The van der Waals surface area contributed by atoms with Gasteiger partial charge in [0.05, 0.1) is 0 Å². The van der Waals surface area contributed by atoms with Crippen molar-refractivity contribution in [3.8, 4) is 0 Å². The molecule has 0 unspecified atom stereocenters. The highest BCUT2D eigenvalue weighted by molar-refractivity contribution is 5.76. The molecule has 21 heavy (non-hydrogen) atoms. The van der Waals surface area contributed by atoms with Crippen LogP contribution in [0, 0.1) is 6.92 Å². The topological polar surface area (TPSA) is 46.3 Å². The Balaban J connectivity index is 1.86. The second kappa shape index (κ2) is 6.93. The van der Waals surface area contributed by atoms with Crippen molar-refractivity contribution >= 4 is 11.6 Å². The molecular weight excluding hydrogens is 260 g/mol. The lowest BCUT2D eigenvalue weighted by molar-refractivity contribution is -0.130. The molecule has 0 aliphatic heterocycles. The van der Waals surface area contributed by atoms with Crippen molar-refractivity contribution < 1.29 is 4.79 Å². The lowest BCUT2D eigenvalue weighted by Crippen LogP contribution is -2.26. The maximum Gasteiger partial charge on any atom is 0.222 e. The molecule has 0 heterocycles. The summed E-state index contributed by atoms with van der Waals surface area (Å²) in [4.78, 5) is 13.9. The van der Waals surface area contributed by atoms with E-state index in [1.54, 1.807) is 4.90 Å². The summed E-state index contributed by atoms with van der Waals surface area (Å²) in [5.74, 6) is 0.160. The van der Waals surface area contributed by atoms with Gasteiger partial charge in [0.15, 0.2) is 0 Å². The van der Waals surface area contributed by atoms with Crippen LogP contribution in [-0.4, -0.2) is 17.9 Å². The van der Waals surface area contributed by atoms with Crippen molar-refractivity contribution in [2.45, 2.75) is 26.3 Å². The van der Waals surface area contributed by atoms with Gasteiger partial charge >= 0.3 is 0 Å². The lowest BCUT2D eigenvalue weighted by atomic mass is 10.1. The second-order valence-electron chi connectivity index (χ2n) is 5.48. The molecule has 2 rings (SSSR count). The zero-order valence-corrected chi connectivity index (χ0v) is 12.7. The Hall–Kier alpha value is -2.29. The number of amides is 1. The van der Waals surface area contributed by atoms with Crippen LogP contribution in [0.5, 0.6) is 0 Å². The third-order valence-corrected chi connectivity index (χ3v) is 3.54. The highest BCUT2D eigenvalue weighted by Gasteiger charge is 2.09. The quantitative estimate of drug-likeness (QED) is 0.856. The summed E-state index contributed by atoms with van der Waals surface area (Å²) >= 11 is 0. The Morgan fingerprint density at radius 2 is 1.81 bits per heavy atom. The van der Waals surface area contributed by atoms with E-state index in [9.17, 15) is 4.79 Å². The summed E-state index contributed by atoms with van der Waals surface area (Å²) in [6, 6.07) is 15.9. The smallest absolute Gasteiger partial charge is 0.222 e. The Labute approximate surface area is 126 Å². The summed E-state index contributed by atoms with van der Waals surface area (Å²) in [6.45, 7) is 2.69. The molecule has 0 atom stereocenters. The molecule has 0 aliphatic rings. The van der Waals surface area contributed by atoms with E-state index in [2.05, 4.69) is 25.1 Å². The fourth-order valence-corrected chi connectivity index (χ4v) is 2.29. The molecule has 2 aromatic carbocycles. The molecule has 0 aliphatic carbocycles. The zero-order valence-electron chi connectivity index (χ0n) is 12.7. The molecular formula is C18H22N2O. The summed E-state index contributed by atoms with van der Waals surface area (Å²) < 4.78 is 0. The molecule has 3 nitrogen and oxygen atoms in total. The third-order valence-electron chi connectivity index (χ3n) is 3.54. The number of anilines is 1. The summed E-state index contributed by atoms with van der Waals surface area (Å²) in [7, 11) is 1.84. The molecule has 0 aromatic heterocycles. The van der Waals surface area contributed by atoms with Crippen LogP contribution in [0.15, 0.2) is 48.5 Å². The number of aryl methyl sites for hydroxylation is 2. The van der Waals surface area contributed by atoms with Gasteiger partial charge in [-0.25, -0.2) is 0 Å². The average molecular weight is 282 g/mol. The number of nitrogens with zero attached hydrogens (tertiary/aromatic N) is 1. The number of hydrogen-bond acceptors (Lipinski definition) is 2. The standard InChI is InChI=1S/C18H22N2O/c1-14-4-3-5-15(12-14)8-11-18(21)20(2)13-16-6-9-17(19)10-7-16/h3-7,9-10,12H,8,11,13,19H2,1-2H3. The number of nitrogens with two attached hydrogens (primary N) is 1. The van der Waals surface area contributed by atoms with Gasteiger partial charge in [-0.15, -0.1) is 0 Å². The molecule has 0 bridgehead atoms. The van der Waals surface area contributed by atoms with Gasteiger partial charge in [-0.05, 0) is 36.6 Å². The maximum absolute atomic E-state index is 12.2. The molecule has 2 N–H and O–H groups in total. The van der Waals surface area contributed by atoms with Gasteiger partial charge in [0.2, 0.25) is 5.91 Å². The highest BCUT2D eigenvalue weighted by atomic mass is 16.2. The number of hydrogen-bond donors (Lipinski definition) is 1. The van der Waals surface area contributed by atoms with Crippen LogP contribution < -0.4 is 5.73 Å². The van der Waals surface area contributed by atoms with E-state index in [0.29, 0.717) is 13.0 Å². The van der Waals surface area contributed by atoms with Crippen LogP contribution in [0.1, 0.15) is 23.1 Å². The first-order chi connectivity index (χ1) is 10.0. The van der Waals surface area contributed by atoms with E-state index in [1.807, 2.05) is 37.4 Å². The molecule has 2 aromatic rings. The largest absolute Gasteiger partial charge is 0.399 e. The van der Waals surface area contributed by atoms with E-state index in [0.717, 1.165) is 17.7 Å². The minimum absolute atomic E-state index is 0.160. The van der Waals surface area contributed by atoms with Crippen LogP contribution in [0.4, 0.5) is 5.69 Å². The monoisotopic (exact) mass is 282 g/mol. The first-order valence-corrected chi connectivity index (χ1v) is 7.18. The molecule has 0 saturated heterocycles. The fourth-order valence-electron chi connectivity index (χ4n) is 2.29. The van der Waals surface area contributed by atoms with E-state index in [1.165, 1.54) is 11.1 Å². The van der Waals surface area contributed by atoms with Crippen LogP contribution in [0.3, 0.4) is 0 Å². The van der Waals surface area contributed by atoms with Crippen LogP contribution in [0.25, 0.3) is 0 Å². The van der Waals surface area contributed by atoms with Gasteiger partial charge in [0.1, 0.15) is 0 Å². The molecule has 0 radical (unpaired) electrons.